The number of aromatic nitrogens is 2. The van der Waals surface area contributed by atoms with Gasteiger partial charge in [-0.2, -0.15) is 0 Å². The molecule has 4 nitrogen and oxygen atoms in total. The highest BCUT2D eigenvalue weighted by Crippen LogP contribution is 2.28. The van der Waals surface area contributed by atoms with Crippen LogP contribution in [-0.2, 0) is 0 Å². The Morgan fingerprint density at radius 3 is 2.93 bits per heavy atom. The van der Waals surface area contributed by atoms with Crippen molar-refractivity contribution in [3.05, 3.63) is 23.1 Å². The Morgan fingerprint density at radius 2 is 2.33 bits per heavy atom. The average molecular weight is 223 g/mol. The van der Waals surface area contributed by atoms with E-state index in [-0.39, 0.29) is 6.04 Å². The predicted molar refractivity (Wildman–Crippen MR) is 59.6 cm³/mol. The Labute approximate surface area is 92.1 Å². The number of hydrogen-bond donors (Lipinski definition) is 1. The molecule has 2 N–H and O–H groups in total. The van der Waals surface area contributed by atoms with E-state index in [9.17, 15) is 0 Å². The van der Waals surface area contributed by atoms with E-state index >= 15 is 0 Å². The standard InChI is InChI=1S/C10H13N3OS/c1-3-8(11)10-13-12-9(15-10)7-4-6(2)14-5-7/h4-5,8H,3,11H2,1-2H3. The second-order valence-corrected chi connectivity index (χ2v) is 4.42. The molecule has 0 aliphatic carbocycles. The molecule has 1 atom stereocenters. The third-order valence-corrected chi connectivity index (χ3v) is 3.28. The Hall–Kier alpha value is -1.20. The fourth-order valence-corrected chi connectivity index (χ4v) is 2.14. The first-order valence-corrected chi connectivity index (χ1v) is 5.67. The lowest BCUT2D eigenvalue weighted by atomic mass is 10.3. The lowest BCUT2D eigenvalue weighted by molar-refractivity contribution is 0.535. The lowest BCUT2D eigenvalue weighted by Crippen LogP contribution is -2.07. The summed E-state index contributed by atoms with van der Waals surface area (Å²) < 4.78 is 5.22. The van der Waals surface area contributed by atoms with Crippen LogP contribution in [0.2, 0.25) is 0 Å². The lowest BCUT2D eigenvalue weighted by Gasteiger charge is -2.00. The monoisotopic (exact) mass is 223 g/mol. The molecule has 0 aliphatic heterocycles. The molecule has 0 radical (unpaired) electrons. The van der Waals surface area contributed by atoms with Crippen LogP contribution in [0.3, 0.4) is 0 Å². The van der Waals surface area contributed by atoms with Crippen molar-refractivity contribution in [2.45, 2.75) is 26.3 Å². The molecule has 2 heterocycles. The molecule has 2 aromatic heterocycles. The van der Waals surface area contributed by atoms with Gasteiger partial charge in [0.2, 0.25) is 0 Å². The van der Waals surface area contributed by atoms with Crippen LogP contribution < -0.4 is 5.73 Å². The second kappa shape index (κ2) is 4.12. The van der Waals surface area contributed by atoms with E-state index in [2.05, 4.69) is 10.2 Å². The van der Waals surface area contributed by atoms with E-state index in [0.717, 1.165) is 27.8 Å². The van der Waals surface area contributed by atoms with Gasteiger partial charge in [-0.3, -0.25) is 0 Å². The number of nitrogens with two attached hydrogens (primary N) is 1. The van der Waals surface area contributed by atoms with Crippen LogP contribution in [0.25, 0.3) is 10.6 Å². The van der Waals surface area contributed by atoms with Crippen molar-refractivity contribution in [1.82, 2.24) is 10.2 Å². The zero-order valence-electron chi connectivity index (χ0n) is 8.73. The first-order chi connectivity index (χ1) is 7.20. The largest absolute Gasteiger partial charge is 0.469 e. The minimum Gasteiger partial charge on any atom is -0.469 e. The molecule has 0 saturated carbocycles. The molecule has 1 unspecified atom stereocenters. The van der Waals surface area contributed by atoms with Crippen molar-refractivity contribution in [2.75, 3.05) is 0 Å². The van der Waals surface area contributed by atoms with Crippen LogP contribution >= 0.6 is 11.3 Å². The molecule has 0 amide bonds. The number of nitrogens with zero attached hydrogens (tertiary/aromatic N) is 2. The van der Waals surface area contributed by atoms with Gasteiger partial charge in [-0.25, -0.2) is 0 Å². The molecule has 15 heavy (non-hydrogen) atoms. The molecular weight excluding hydrogens is 210 g/mol. The third kappa shape index (κ3) is 2.08. The van der Waals surface area contributed by atoms with E-state index in [0.29, 0.717) is 0 Å². The maximum atomic E-state index is 5.88. The van der Waals surface area contributed by atoms with Gasteiger partial charge in [-0.05, 0) is 19.4 Å². The Kier molecular flexibility index (Phi) is 2.83. The quantitative estimate of drug-likeness (QED) is 0.868. The normalized spacial score (nSPS) is 13.0. The molecule has 2 rings (SSSR count). The van der Waals surface area contributed by atoms with Crippen LogP contribution in [-0.4, -0.2) is 10.2 Å². The average Bonchev–Trinajstić information content (AvgIpc) is 2.84. The van der Waals surface area contributed by atoms with E-state index in [1.165, 1.54) is 11.3 Å². The highest BCUT2D eigenvalue weighted by atomic mass is 32.1. The third-order valence-electron chi connectivity index (χ3n) is 2.18. The summed E-state index contributed by atoms with van der Waals surface area (Å²) in [6, 6.07) is 1.94. The molecule has 0 saturated heterocycles. The van der Waals surface area contributed by atoms with Crippen LogP contribution in [0.4, 0.5) is 0 Å². The molecular formula is C10H13N3OS. The van der Waals surface area contributed by atoms with Crippen LogP contribution in [0.1, 0.15) is 30.2 Å². The van der Waals surface area contributed by atoms with Crippen molar-refractivity contribution in [2.24, 2.45) is 5.73 Å². The molecule has 0 aliphatic rings. The van der Waals surface area contributed by atoms with Crippen LogP contribution in [0.15, 0.2) is 16.7 Å². The van der Waals surface area contributed by atoms with Gasteiger partial charge in [-0.15, -0.1) is 10.2 Å². The zero-order valence-corrected chi connectivity index (χ0v) is 9.54. The summed E-state index contributed by atoms with van der Waals surface area (Å²) in [4.78, 5) is 0. The van der Waals surface area contributed by atoms with Gasteiger partial charge in [0.15, 0.2) is 5.01 Å². The Bertz CT molecular complexity index is 449. The highest BCUT2D eigenvalue weighted by molar-refractivity contribution is 7.14. The fourth-order valence-electron chi connectivity index (χ4n) is 1.23. The molecule has 0 fully saturated rings. The molecule has 80 valence electrons. The summed E-state index contributed by atoms with van der Waals surface area (Å²) in [6.07, 6.45) is 2.57. The Balaban J connectivity index is 2.27. The second-order valence-electron chi connectivity index (χ2n) is 3.41. The van der Waals surface area contributed by atoms with Crippen molar-refractivity contribution < 1.29 is 4.42 Å². The molecule has 5 heteroatoms. The predicted octanol–water partition coefficient (Wildman–Crippen LogP) is 2.52. The van der Waals surface area contributed by atoms with E-state index in [1.54, 1.807) is 6.26 Å². The molecule has 0 aromatic carbocycles. The molecule has 2 aromatic rings. The summed E-state index contributed by atoms with van der Waals surface area (Å²) in [5.41, 5.74) is 6.85. The van der Waals surface area contributed by atoms with Gasteiger partial charge in [0.1, 0.15) is 17.0 Å². The zero-order chi connectivity index (χ0) is 10.8. The van der Waals surface area contributed by atoms with Crippen LogP contribution in [0.5, 0.6) is 0 Å². The fraction of sp³-hybridized carbons (Fsp3) is 0.400. The van der Waals surface area contributed by atoms with E-state index < -0.39 is 0 Å². The maximum absolute atomic E-state index is 5.88. The Morgan fingerprint density at radius 1 is 1.53 bits per heavy atom. The van der Waals surface area contributed by atoms with Gasteiger partial charge < -0.3 is 10.2 Å². The van der Waals surface area contributed by atoms with Crippen LogP contribution in [0, 0.1) is 6.92 Å². The summed E-state index contributed by atoms with van der Waals surface area (Å²) >= 11 is 1.52. The molecule has 0 bridgehead atoms. The van der Waals surface area contributed by atoms with Crippen molar-refractivity contribution >= 4 is 11.3 Å². The van der Waals surface area contributed by atoms with E-state index in [4.69, 9.17) is 10.2 Å². The summed E-state index contributed by atoms with van der Waals surface area (Å²) in [5, 5.41) is 9.92. The summed E-state index contributed by atoms with van der Waals surface area (Å²) in [5.74, 6) is 0.876. The number of furan rings is 1. The molecule has 0 spiro atoms. The maximum Gasteiger partial charge on any atom is 0.151 e. The van der Waals surface area contributed by atoms with Crippen molar-refractivity contribution in [3.63, 3.8) is 0 Å². The van der Waals surface area contributed by atoms with Gasteiger partial charge in [0, 0.05) is 0 Å². The number of rotatable bonds is 3. The van der Waals surface area contributed by atoms with Gasteiger partial charge in [0.25, 0.3) is 0 Å². The van der Waals surface area contributed by atoms with Crippen molar-refractivity contribution in [1.29, 1.82) is 0 Å². The van der Waals surface area contributed by atoms with Gasteiger partial charge in [0.05, 0.1) is 11.6 Å². The highest BCUT2D eigenvalue weighted by Gasteiger charge is 2.12. The van der Waals surface area contributed by atoms with Crippen molar-refractivity contribution in [3.8, 4) is 10.6 Å². The van der Waals surface area contributed by atoms with E-state index in [1.807, 2.05) is 19.9 Å². The van der Waals surface area contributed by atoms with Gasteiger partial charge >= 0.3 is 0 Å². The SMILES string of the molecule is CCC(N)c1nnc(-c2coc(C)c2)s1. The smallest absolute Gasteiger partial charge is 0.151 e. The van der Waals surface area contributed by atoms with Gasteiger partial charge in [-0.1, -0.05) is 18.3 Å². The number of aryl methyl sites for hydroxylation is 1. The number of hydrogen-bond acceptors (Lipinski definition) is 5. The summed E-state index contributed by atoms with van der Waals surface area (Å²) in [7, 11) is 0. The first-order valence-electron chi connectivity index (χ1n) is 4.85. The topological polar surface area (TPSA) is 64.9 Å². The summed E-state index contributed by atoms with van der Waals surface area (Å²) in [6.45, 7) is 3.94. The minimum atomic E-state index is -0.00996. The minimum absolute atomic E-state index is 0.00996. The first kappa shape index (κ1) is 10.3.